The molecule has 1 fully saturated rings. The van der Waals surface area contributed by atoms with Crippen LogP contribution in [0.2, 0.25) is 5.02 Å². The van der Waals surface area contributed by atoms with Gasteiger partial charge in [-0.1, -0.05) is 23.7 Å². The standard InChI is InChI=1S/C21H17ClINO6S/c1-2-29-16-8-13(7-15(23)19(16)30-11-18(25)26)9-17-20(27)24(21(28)31-17)10-12-3-5-14(22)6-4-12/h3-9H,2,10-11H2,1H3,(H,25,26)/b17-9-. The van der Waals surface area contributed by atoms with Crippen LogP contribution in [0.15, 0.2) is 41.3 Å². The van der Waals surface area contributed by atoms with Crippen LogP contribution >= 0.6 is 46.0 Å². The lowest BCUT2D eigenvalue weighted by Gasteiger charge is -2.14. The van der Waals surface area contributed by atoms with Gasteiger partial charge in [0.1, 0.15) is 0 Å². The normalized spacial score (nSPS) is 14.9. The van der Waals surface area contributed by atoms with E-state index >= 15 is 0 Å². The van der Waals surface area contributed by atoms with Crippen LogP contribution in [0.5, 0.6) is 11.5 Å². The Morgan fingerprint density at radius 2 is 1.94 bits per heavy atom. The lowest BCUT2D eigenvalue weighted by atomic mass is 10.1. The molecule has 0 aromatic heterocycles. The molecule has 0 spiro atoms. The van der Waals surface area contributed by atoms with Crippen LogP contribution in [-0.2, 0) is 16.1 Å². The molecule has 0 aliphatic carbocycles. The second kappa shape index (κ2) is 10.4. The van der Waals surface area contributed by atoms with Gasteiger partial charge in [-0.05, 0) is 82.7 Å². The number of aliphatic carboxylic acids is 1. The van der Waals surface area contributed by atoms with E-state index in [0.717, 1.165) is 17.3 Å². The number of ether oxygens (including phenoxy) is 2. The fourth-order valence-corrected chi connectivity index (χ4v) is 4.51. The first kappa shape index (κ1) is 23.4. The smallest absolute Gasteiger partial charge is 0.341 e. The number of carbonyl (C=O) groups is 3. The van der Waals surface area contributed by atoms with Gasteiger partial charge in [-0.3, -0.25) is 14.5 Å². The molecule has 0 atom stereocenters. The van der Waals surface area contributed by atoms with E-state index in [1.807, 2.05) is 22.6 Å². The Bertz CT molecular complexity index is 1060. The molecule has 0 unspecified atom stereocenters. The zero-order valence-electron chi connectivity index (χ0n) is 16.3. The molecule has 2 amide bonds. The van der Waals surface area contributed by atoms with Crippen LogP contribution < -0.4 is 9.47 Å². The SMILES string of the molecule is CCOc1cc(/C=C2\SC(=O)N(Cc3ccc(Cl)cc3)C2=O)cc(I)c1OCC(=O)O. The predicted molar refractivity (Wildman–Crippen MR) is 126 cm³/mol. The first-order valence-corrected chi connectivity index (χ1v) is 11.4. The highest BCUT2D eigenvalue weighted by atomic mass is 127. The third-order valence-electron chi connectivity index (χ3n) is 4.10. The third kappa shape index (κ3) is 5.92. The number of hydrogen-bond acceptors (Lipinski definition) is 6. The van der Waals surface area contributed by atoms with Gasteiger partial charge in [0.05, 0.1) is 21.6 Å². The van der Waals surface area contributed by atoms with Crippen LogP contribution in [0.25, 0.3) is 6.08 Å². The zero-order valence-corrected chi connectivity index (χ0v) is 20.0. The Kier molecular flexibility index (Phi) is 7.84. The molecule has 2 aromatic carbocycles. The number of nitrogens with zero attached hydrogens (tertiary/aromatic N) is 1. The molecular weight excluding hydrogens is 557 g/mol. The van der Waals surface area contributed by atoms with E-state index in [1.165, 1.54) is 4.90 Å². The summed E-state index contributed by atoms with van der Waals surface area (Å²) in [4.78, 5) is 37.5. The minimum atomic E-state index is -1.10. The summed E-state index contributed by atoms with van der Waals surface area (Å²) < 4.78 is 11.5. The Labute approximate surface area is 201 Å². The number of halogens is 2. The average Bonchev–Trinajstić information content (AvgIpc) is 2.96. The number of hydrogen-bond donors (Lipinski definition) is 1. The van der Waals surface area contributed by atoms with E-state index in [1.54, 1.807) is 49.4 Å². The van der Waals surface area contributed by atoms with Crippen molar-refractivity contribution in [3.05, 3.63) is 61.0 Å². The number of rotatable bonds is 8. The van der Waals surface area contributed by atoms with E-state index in [0.29, 0.717) is 32.3 Å². The summed E-state index contributed by atoms with van der Waals surface area (Å²) in [5.41, 5.74) is 1.42. The molecule has 162 valence electrons. The molecule has 7 nitrogen and oxygen atoms in total. The monoisotopic (exact) mass is 573 g/mol. The number of imide groups is 1. The molecule has 1 N–H and O–H groups in total. The van der Waals surface area contributed by atoms with Crippen molar-refractivity contribution in [2.75, 3.05) is 13.2 Å². The van der Waals surface area contributed by atoms with Crippen LogP contribution in [0.4, 0.5) is 4.79 Å². The van der Waals surface area contributed by atoms with Crippen molar-refractivity contribution in [3.63, 3.8) is 0 Å². The zero-order chi connectivity index (χ0) is 22.5. The minimum Gasteiger partial charge on any atom is -0.490 e. The van der Waals surface area contributed by atoms with Gasteiger partial charge in [0.25, 0.3) is 11.1 Å². The number of carboxylic acid groups (broad SMARTS) is 1. The van der Waals surface area contributed by atoms with Crippen LogP contribution in [0, 0.1) is 3.57 Å². The maximum Gasteiger partial charge on any atom is 0.341 e. The average molecular weight is 574 g/mol. The lowest BCUT2D eigenvalue weighted by molar-refractivity contribution is -0.139. The van der Waals surface area contributed by atoms with E-state index in [2.05, 4.69) is 0 Å². The van der Waals surface area contributed by atoms with Crippen molar-refractivity contribution < 1.29 is 29.0 Å². The molecule has 1 saturated heterocycles. The molecule has 1 aliphatic heterocycles. The van der Waals surface area contributed by atoms with Crippen LogP contribution in [0.1, 0.15) is 18.1 Å². The first-order chi connectivity index (χ1) is 14.8. The summed E-state index contributed by atoms with van der Waals surface area (Å²) in [6.07, 6.45) is 1.61. The summed E-state index contributed by atoms with van der Waals surface area (Å²) >= 11 is 8.76. The summed E-state index contributed by atoms with van der Waals surface area (Å²) in [7, 11) is 0. The fourth-order valence-electron chi connectivity index (χ4n) is 2.77. The molecule has 31 heavy (non-hydrogen) atoms. The van der Waals surface area contributed by atoms with Gasteiger partial charge in [-0.15, -0.1) is 0 Å². The maximum absolute atomic E-state index is 12.8. The highest BCUT2D eigenvalue weighted by Gasteiger charge is 2.35. The van der Waals surface area contributed by atoms with Gasteiger partial charge in [-0.2, -0.15) is 0 Å². The topological polar surface area (TPSA) is 93.1 Å². The van der Waals surface area contributed by atoms with E-state index in [-0.39, 0.29) is 22.6 Å². The summed E-state index contributed by atoms with van der Waals surface area (Å²) in [6, 6.07) is 10.3. The van der Waals surface area contributed by atoms with Crippen LogP contribution in [-0.4, -0.2) is 40.3 Å². The Morgan fingerprint density at radius 1 is 1.23 bits per heavy atom. The Hall–Kier alpha value is -2.24. The lowest BCUT2D eigenvalue weighted by Crippen LogP contribution is -2.27. The van der Waals surface area contributed by atoms with Crippen molar-refractivity contribution in [1.29, 1.82) is 0 Å². The maximum atomic E-state index is 12.8. The Morgan fingerprint density at radius 3 is 2.58 bits per heavy atom. The molecule has 1 aliphatic rings. The summed E-state index contributed by atoms with van der Waals surface area (Å²) in [5, 5.41) is 9.09. The molecule has 0 bridgehead atoms. The number of amides is 2. The van der Waals surface area contributed by atoms with E-state index in [4.69, 9.17) is 26.2 Å². The van der Waals surface area contributed by atoms with Crippen molar-refractivity contribution in [3.8, 4) is 11.5 Å². The predicted octanol–water partition coefficient (Wildman–Crippen LogP) is 5.04. The summed E-state index contributed by atoms with van der Waals surface area (Å²) in [6.45, 7) is 1.80. The third-order valence-corrected chi connectivity index (χ3v) is 6.06. The van der Waals surface area contributed by atoms with Crippen molar-refractivity contribution >= 4 is 69.1 Å². The van der Waals surface area contributed by atoms with Gasteiger partial charge >= 0.3 is 5.97 Å². The van der Waals surface area contributed by atoms with E-state index < -0.39 is 12.6 Å². The molecule has 2 aromatic rings. The highest BCUT2D eigenvalue weighted by molar-refractivity contribution is 14.1. The quantitative estimate of drug-likeness (QED) is 0.349. The van der Waals surface area contributed by atoms with Gasteiger partial charge in [0.2, 0.25) is 0 Å². The van der Waals surface area contributed by atoms with Gasteiger partial charge in [0, 0.05) is 5.02 Å². The number of thioether (sulfide) groups is 1. The van der Waals surface area contributed by atoms with Gasteiger partial charge in [-0.25, -0.2) is 4.79 Å². The molecule has 3 rings (SSSR count). The molecule has 0 saturated carbocycles. The largest absolute Gasteiger partial charge is 0.490 e. The Balaban J connectivity index is 1.85. The van der Waals surface area contributed by atoms with E-state index in [9.17, 15) is 14.4 Å². The molecule has 10 heteroatoms. The second-order valence-electron chi connectivity index (χ2n) is 6.34. The number of carboxylic acids is 1. The van der Waals surface area contributed by atoms with Crippen molar-refractivity contribution in [2.45, 2.75) is 13.5 Å². The number of benzene rings is 2. The van der Waals surface area contributed by atoms with Gasteiger partial charge in [0.15, 0.2) is 18.1 Å². The van der Waals surface area contributed by atoms with Crippen molar-refractivity contribution in [2.24, 2.45) is 0 Å². The van der Waals surface area contributed by atoms with Crippen molar-refractivity contribution in [1.82, 2.24) is 4.90 Å². The first-order valence-electron chi connectivity index (χ1n) is 9.09. The number of carbonyl (C=O) groups excluding carboxylic acids is 2. The second-order valence-corrected chi connectivity index (χ2v) is 8.93. The minimum absolute atomic E-state index is 0.156. The molecule has 1 heterocycles. The van der Waals surface area contributed by atoms with Gasteiger partial charge < -0.3 is 14.6 Å². The molecular formula is C21H17ClINO6S. The van der Waals surface area contributed by atoms with Crippen LogP contribution in [0.3, 0.4) is 0 Å². The summed E-state index contributed by atoms with van der Waals surface area (Å²) in [5.74, 6) is -0.805. The molecule has 0 radical (unpaired) electrons. The highest BCUT2D eigenvalue weighted by Crippen LogP contribution is 2.38. The fraction of sp³-hybridized carbons (Fsp3) is 0.190.